The molecule has 0 atom stereocenters. The zero-order valence-electron chi connectivity index (χ0n) is 9.53. The molecule has 1 amide bonds. The molecule has 0 saturated heterocycles. The van der Waals surface area contributed by atoms with Gasteiger partial charge in [-0.2, -0.15) is 0 Å². The molecule has 1 rings (SSSR count). The maximum absolute atomic E-state index is 11.6. The van der Waals surface area contributed by atoms with Crippen LogP contribution in [0.3, 0.4) is 0 Å². The van der Waals surface area contributed by atoms with E-state index in [-0.39, 0.29) is 11.9 Å². The van der Waals surface area contributed by atoms with Gasteiger partial charge >= 0.3 is 0 Å². The smallest absolute Gasteiger partial charge is 0.239 e. The van der Waals surface area contributed by atoms with E-state index in [2.05, 4.69) is 31.4 Å². The van der Waals surface area contributed by atoms with Gasteiger partial charge in [0.25, 0.3) is 0 Å². The fourth-order valence-corrected chi connectivity index (χ4v) is 2.33. The molecule has 0 radical (unpaired) electrons. The Labute approximate surface area is 107 Å². The Hall–Kier alpha value is -0.690. The molecule has 0 aromatic carbocycles. The number of hydrogen-bond donors (Lipinski definition) is 1. The average Bonchev–Trinajstić information content (AvgIpc) is 2.60. The summed E-state index contributed by atoms with van der Waals surface area (Å²) in [5, 5.41) is 11.5. The first-order valence-electron chi connectivity index (χ1n) is 5.06. The molecule has 0 aliphatic heterocycles. The van der Waals surface area contributed by atoms with E-state index in [4.69, 9.17) is 0 Å². The monoisotopic (exact) mass is 306 g/mol. The molecule has 7 heteroatoms. The van der Waals surface area contributed by atoms with Gasteiger partial charge in [0.1, 0.15) is 0 Å². The second-order valence-corrected chi connectivity index (χ2v) is 5.81. The number of nitrogens with zero attached hydrogens (tertiary/aromatic N) is 3. The van der Waals surface area contributed by atoms with E-state index in [0.29, 0.717) is 6.54 Å². The van der Waals surface area contributed by atoms with Crippen LogP contribution in [0.15, 0.2) is 3.92 Å². The number of carbonyl (C=O) groups excluding carboxylic acids is 1. The van der Waals surface area contributed by atoms with Crippen molar-refractivity contribution in [1.82, 2.24) is 15.5 Å². The Balaban J connectivity index is 2.59. The normalized spacial score (nSPS) is 10.6. The fourth-order valence-electron chi connectivity index (χ4n) is 1.18. The minimum atomic E-state index is 0.00294. The van der Waals surface area contributed by atoms with Crippen LogP contribution in [0.1, 0.15) is 20.8 Å². The highest BCUT2D eigenvalue weighted by Crippen LogP contribution is 2.23. The summed E-state index contributed by atoms with van der Waals surface area (Å²) in [5.74, 6) is 0.00294. The average molecular weight is 307 g/mol. The van der Waals surface area contributed by atoms with Crippen LogP contribution in [0, 0.1) is 0 Å². The topological polar surface area (TPSA) is 58.1 Å². The standard InChI is InChI=1S/C9H15BrN4OS/c1-4-14(5-7(15)11-6(2)3)9-13-12-8(10)16-9/h6H,4-5H2,1-3H3,(H,11,15). The van der Waals surface area contributed by atoms with E-state index >= 15 is 0 Å². The molecule has 1 aromatic rings. The third-order valence-corrected chi connectivity index (χ3v) is 3.24. The number of rotatable bonds is 5. The van der Waals surface area contributed by atoms with Crippen LogP contribution in [-0.4, -0.2) is 35.2 Å². The van der Waals surface area contributed by atoms with Crippen molar-refractivity contribution in [3.8, 4) is 0 Å². The second-order valence-electron chi connectivity index (χ2n) is 3.57. The number of amides is 1. The Kier molecular flexibility index (Phi) is 5.14. The summed E-state index contributed by atoms with van der Waals surface area (Å²) in [6.07, 6.45) is 0. The van der Waals surface area contributed by atoms with Crippen molar-refractivity contribution < 1.29 is 4.79 Å². The predicted octanol–water partition coefficient (Wildman–Crippen LogP) is 1.65. The second kappa shape index (κ2) is 6.15. The maximum Gasteiger partial charge on any atom is 0.239 e. The molecule has 1 aromatic heterocycles. The molecule has 5 nitrogen and oxygen atoms in total. The lowest BCUT2D eigenvalue weighted by atomic mass is 10.4. The van der Waals surface area contributed by atoms with Gasteiger partial charge in [0, 0.05) is 12.6 Å². The van der Waals surface area contributed by atoms with Crippen LogP contribution in [0.4, 0.5) is 5.13 Å². The number of halogens is 1. The van der Waals surface area contributed by atoms with E-state index in [9.17, 15) is 4.79 Å². The molecule has 90 valence electrons. The highest BCUT2D eigenvalue weighted by Gasteiger charge is 2.14. The minimum Gasteiger partial charge on any atom is -0.352 e. The first kappa shape index (κ1) is 13.4. The van der Waals surface area contributed by atoms with E-state index in [1.54, 1.807) is 0 Å². The molecule has 0 aliphatic carbocycles. The fraction of sp³-hybridized carbons (Fsp3) is 0.667. The SMILES string of the molecule is CCN(CC(=O)NC(C)C)c1nnc(Br)s1. The number of nitrogens with one attached hydrogen (secondary N) is 1. The number of aromatic nitrogens is 2. The zero-order valence-corrected chi connectivity index (χ0v) is 11.9. The summed E-state index contributed by atoms with van der Waals surface area (Å²) in [7, 11) is 0. The Morgan fingerprint density at radius 2 is 2.25 bits per heavy atom. The van der Waals surface area contributed by atoms with Crippen molar-refractivity contribution in [2.24, 2.45) is 0 Å². The highest BCUT2D eigenvalue weighted by atomic mass is 79.9. The minimum absolute atomic E-state index is 0.00294. The van der Waals surface area contributed by atoms with E-state index in [1.807, 2.05) is 25.7 Å². The first-order chi connectivity index (χ1) is 7.52. The van der Waals surface area contributed by atoms with Crippen molar-refractivity contribution in [3.63, 3.8) is 0 Å². The van der Waals surface area contributed by atoms with Gasteiger partial charge in [-0.05, 0) is 36.7 Å². The van der Waals surface area contributed by atoms with Crippen molar-refractivity contribution in [3.05, 3.63) is 3.92 Å². The van der Waals surface area contributed by atoms with Crippen molar-refractivity contribution >= 4 is 38.3 Å². The first-order valence-corrected chi connectivity index (χ1v) is 6.67. The number of hydrogen-bond acceptors (Lipinski definition) is 5. The number of anilines is 1. The summed E-state index contributed by atoms with van der Waals surface area (Å²) in [6, 6.07) is 0.160. The van der Waals surface area contributed by atoms with Gasteiger partial charge in [0.2, 0.25) is 11.0 Å². The molecule has 0 fully saturated rings. The molecule has 0 saturated carbocycles. The van der Waals surface area contributed by atoms with Crippen molar-refractivity contribution in [1.29, 1.82) is 0 Å². The van der Waals surface area contributed by atoms with Crippen LogP contribution >= 0.6 is 27.3 Å². The van der Waals surface area contributed by atoms with Gasteiger partial charge in [-0.3, -0.25) is 4.79 Å². The molecule has 0 bridgehead atoms. The lowest BCUT2D eigenvalue weighted by Gasteiger charge is -2.19. The van der Waals surface area contributed by atoms with Gasteiger partial charge in [0.15, 0.2) is 3.92 Å². The molecule has 0 aliphatic rings. The largest absolute Gasteiger partial charge is 0.352 e. The van der Waals surface area contributed by atoms with Crippen LogP contribution in [-0.2, 0) is 4.79 Å². The van der Waals surface area contributed by atoms with Gasteiger partial charge < -0.3 is 10.2 Å². The van der Waals surface area contributed by atoms with E-state index < -0.39 is 0 Å². The maximum atomic E-state index is 11.6. The lowest BCUT2D eigenvalue weighted by molar-refractivity contribution is -0.120. The van der Waals surface area contributed by atoms with Gasteiger partial charge in [-0.15, -0.1) is 10.2 Å². The molecule has 0 spiro atoms. The van der Waals surface area contributed by atoms with Crippen LogP contribution in [0.5, 0.6) is 0 Å². The number of carbonyl (C=O) groups is 1. The highest BCUT2D eigenvalue weighted by molar-refractivity contribution is 9.11. The van der Waals surface area contributed by atoms with Gasteiger partial charge in [0.05, 0.1) is 6.54 Å². The third kappa shape index (κ3) is 4.05. The molecule has 1 N–H and O–H groups in total. The molecular formula is C9H15BrN4OS. The van der Waals surface area contributed by atoms with Crippen molar-refractivity contribution in [2.45, 2.75) is 26.8 Å². The molecule has 16 heavy (non-hydrogen) atoms. The van der Waals surface area contributed by atoms with Crippen LogP contribution in [0.25, 0.3) is 0 Å². The van der Waals surface area contributed by atoms with Crippen LogP contribution in [0.2, 0.25) is 0 Å². The summed E-state index contributed by atoms with van der Waals surface area (Å²) in [4.78, 5) is 13.5. The Morgan fingerprint density at radius 3 is 2.69 bits per heavy atom. The quantitative estimate of drug-likeness (QED) is 0.899. The summed E-state index contributed by atoms with van der Waals surface area (Å²) in [5.41, 5.74) is 0. The summed E-state index contributed by atoms with van der Waals surface area (Å²) < 4.78 is 0.727. The van der Waals surface area contributed by atoms with Gasteiger partial charge in [-0.25, -0.2) is 0 Å². The number of likely N-dealkylation sites (N-methyl/N-ethyl adjacent to an activating group) is 1. The molecular weight excluding hydrogens is 292 g/mol. The van der Waals surface area contributed by atoms with Gasteiger partial charge in [-0.1, -0.05) is 11.3 Å². The van der Waals surface area contributed by atoms with E-state index in [0.717, 1.165) is 15.6 Å². The van der Waals surface area contributed by atoms with Crippen LogP contribution < -0.4 is 10.2 Å². The third-order valence-electron chi connectivity index (χ3n) is 1.83. The molecule has 1 heterocycles. The Bertz CT molecular complexity index is 355. The zero-order chi connectivity index (χ0) is 12.1. The summed E-state index contributed by atoms with van der Waals surface area (Å²) in [6.45, 7) is 6.91. The lowest BCUT2D eigenvalue weighted by Crippen LogP contribution is -2.40. The van der Waals surface area contributed by atoms with E-state index in [1.165, 1.54) is 11.3 Å². The summed E-state index contributed by atoms with van der Waals surface area (Å²) >= 11 is 4.68. The predicted molar refractivity (Wildman–Crippen MR) is 68.8 cm³/mol. The van der Waals surface area contributed by atoms with Crippen molar-refractivity contribution in [2.75, 3.05) is 18.0 Å². The molecule has 0 unspecified atom stereocenters. The Morgan fingerprint density at radius 1 is 1.56 bits per heavy atom.